The molecule has 35 heavy (non-hydrogen) atoms. The topological polar surface area (TPSA) is 155 Å². The van der Waals surface area contributed by atoms with Gasteiger partial charge in [-0.3, -0.25) is 14.1 Å². The molecule has 2 N–H and O–H groups in total. The minimum absolute atomic E-state index is 0.0413. The molecule has 0 aliphatic carbocycles. The van der Waals surface area contributed by atoms with Crippen LogP contribution in [0.3, 0.4) is 0 Å². The van der Waals surface area contributed by atoms with Crippen molar-refractivity contribution in [3.8, 4) is 6.07 Å². The largest absolute Gasteiger partial charge is 0.469 e. The van der Waals surface area contributed by atoms with Gasteiger partial charge in [-0.15, -0.1) is 0 Å². The summed E-state index contributed by atoms with van der Waals surface area (Å²) in [6, 6.07) is 2.34. The maximum Gasteiger partial charge on any atom is 0.469 e. The van der Waals surface area contributed by atoms with Gasteiger partial charge in [0.1, 0.15) is 17.1 Å². The van der Waals surface area contributed by atoms with Crippen LogP contribution in [0.1, 0.15) is 44.6 Å². The molecule has 1 amide bonds. The van der Waals surface area contributed by atoms with Crippen LogP contribution in [0, 0.1) is 23.0 Å². The van der Waals surface area contributed by atoms with Crippen LogP contribution >= 0.6 is 30.4 Å². The van der Waals surface area contributed by atoms with Gasteiger partial charge in [0.2, 0.25) is 11.9 Å². The highest BCUT2D eigenvalue weighted by atomic mass is 127. The quantitative estimate of drug-likeness (QED) is 0.0847. The molecule has 0 spiro atoms. The number of alkyl halides is 1. The van der Waals surface area contributed by atoms with E-state index in [4.69, 9.17) is 19.8 Å². The summed E-state index contributed by atoms with van der Waals surface area (Å²) < 4.78 is 51.0. The van der Waals surface area contributed by atoms with E-state index in [0.717, 1.165) is 11.0 Å². The maximum atomic E-state index is 15.0. The van der Waals surface area contributed by atoms with E-state index in [-0.39, 0.29) is 53.8 Å². The number of phosphoric acid groups is 1. The number of aromatic nitrogens is 2. The predicted molar refractivity (Wildman–Crippen MR) is 128 cm³/mol. The molecular formula is C20H24F2IN4O7P. The summed E-state index contributed by atoms with van der Waals surface area (Å²) in [5.41, 5.74) is -1.11. The number of anilines is 1. The van der Waals surface area contributed by atoms with E-state index < -0.39 is 43.6 Å². The number of benzene rings is 1. The minimum Gasteiger partial charge on any atom is -0.444 e. The molecule has 0 bridgehead atoms. The molecule has 1 heterocycles. The number of amides is 1. The lowest BCUT2D eigenvalue weighted by Gasteiger charge is -2.22. The number of aryl methyl sites for hydroxylation is 1. The molecule has 2 aromatic rings. The van der Waals surface area contributed by atoms with Gasteiger partial charge in [-0.05, 0) is 25.3 Å². The SMILES string of the molecule is CCCCn1c(N(COC(=O)CCCCOP(=O)(O)O)C(=O)CI)nc2c(F)cc(C#N)c(F)c21. The number of hydrogen-bond donors (Lipinski definition) is 2. The first-order valence-electron chi connectivity index (χ1n) is 10.5. The number of esters is 1. The van der Waals surface area contributed by atoms with Crippen LogP contribution in [0.15, 0.2) is 6.07 Å². The van der Waals surface area contributed by atoms with E-state index >= 15 is 0 Å². The molecule has 0 fully saturated rings. The first kappa shape index (κ1) is 29.1. The number of carbonyl (C=O) groups is 2. The van der Waals surface area contributed by atoms with Gasteiger partial charge >= 0.3 is 13.8 Å². The summed E-state index contributed by atoms with van der Waals surface area (Å²) in [7, 11) is -4.58. The molecule has 0 aliphatic heterocycles. The molecule has 192 valence electrons. The van der Waals surface area contributed by atoms with Crippen LogP contribution in [-0.2, 0) is 30.0 Å². The van der Waals surface area contributed by atoms with Crippen LogP contribution in [0.5, 0.6) is 0 Å². The van der Waals surface area contributed by atoms with Crippen molar-refractivity contribution in [2.24, 2.45) is 0 Å². The average molecular weight is 628 g/mol. The zero-order chi connectivity index (χ0) is 26.2. The fourth-order valence-corrected chi connectivity index (χ4v) is 3.89. The Bertz CT molecular complexity index is 1160. The number of ether oxygens (including phenoxy) is 1. The number of imidazole rings is 1. The Balaban J connectivity index is 2.28. The number of nitrogens with zero attached hydrogens (tertiary/aromatic N) is 4. The van der Waals surface area contributed by atoms with E-state index in [1.54, 1.807) is 28.7 Å². The van der Waals surface area contributed by atoms with Gasteiger partial charge in [-0.1, -0.05) is 35.9 Å². The Morgan fingerprint density at radius 1 is 1.31 bits per heavy atom. The normalized spacial score (nSPS) is 11.5. The van der Waals surface area contributed by atoms with Crippen molar-refractivity contribution in [3.63, 3.8) is 0 Å². The summed E-state index contributed by atoms with van der Waals surface area (Å²) in [5, 5.41) is 9.15. The van der Waals surface area contributed by atoms with Crippen LogP contribution in [-0.4, -0.2) is 49.0 Å². The number of halogens is 3. The summed E-state index contributed by atoms with van der Waals surface area (Å²) in [5.74, 6) is -3.23. The van der Waals surface area contributed by atoms with Crippen molar-refractivity contribution in [1.82, 2.24) is 9.55 Å². The molecule has 0 saturated heterocycles. The third kappa shape index (κ3) is 7.91. The molecule has 15 heteroatoms. The van der Waals surface area contributed by atoms with Crippen molar-refractivity contribution >= 4 is 59.3 Å². The first-order chi connectivity index (χ1) is 16.5. The van der Waals surface area contributed by atoms with Crippen LogP contribution < -0.4 is 4.90 Å². The molecule has 0 aliphatic rings. The standard InChI is InChI=1S/C20H24F2IN4O7P/c1-2-3-7-26-19-17(22)13(11-24)9-14(21)18(19)25-20(26)27(15(28)10-23)12-33-16(29)6-4-5-8-34-35(30,31)32/h9H,2-8,10,12H2,1H3,(H2,30,31,32). The second-order valence-corrected chi connectivity index (χ2v) is 9.33. The third-order valence-corrected chi connectivity index (χ3v) is 5.96. The van der Waals surface area contributed by atoms with E-state index in [9.17, 15) is 22.9 Å². The number of carbonyl (C=O) groups excluding carboxylic acids is 2. The van der Waals surface area contributed by atoms with E-state index in [1.807, 2.05) is 6.92 Å². The molecule has 0 radical (unpaired) electrons. The Kier molecular flexibility index (Phi) is 11.0. The lowest BCUT2D eigenvalue weighted by Crippen LogP contribution is -2.37. The molecule has 0 atom stereocenters. The number of nitriles is 1. The van der Waals surface area contributed by atoms with Crippen molar-refractivity contribution < 1.29 is 42.0 Å². The summed E-state index contributed by atoms with van der Waals surface area (Å²) >= 11 is 1.80. The van der Waals surface area contributed by atoms with Crippen LogP contribution in [0.25, 0.3) is 11.0 Å². The van der Waals surface area contributed by atoms with Crippen molar-refractivity contribution in [2.45, 2.75) is 45.6 Å². The Morgan fingerprint density at radius 2 is 2.03 bits per heavy atom. The molecule has 2 rings (SSSR count). The van der Waals surface area contributed by atoms with Crippen molar-refractivity contribution in [1.29, 1.82) is 5.26 Å². The van der Waals surface area contributed by atoms with Gasteiger partial charge in [0.25, 0.3) is 0 Å². The predicted octanol–water partition coefficient (Wildman–Crippen LogP) is 3.53. The average Bonchev–Trinajstić information content (AvgIpc) is 3.18. The zero-order valence-electron chi connectivity index (χ0n) is 18.7. The highest BCUT2D eigenvalue weighted by molar-refractivity contribution is 14.1. The number of hydrogen-bond acceptors (Lipinski definition) is 7. The zero-order valence-corrected chi connectivity index (χ0v) is 21.8. The van der Waals surface area contributed by atoms with E-state index in [1.165, 1.54) is 4.57 Å². The fourth-order valence-electron chi connectivity index (χ4n) is 3.11. The van der Waals surface area contributed by atoms with Gasteiger partial charge in [0.15, 0.2) is 18.4 Å². The van der Waals surface area contributed by atoms with E-state index in [0.29, 0.717) is 12.8 Å². The fraction of sp³-hybridized carbons (Fsp3) is 0.500. The summed E-state index contributed by atoms with van der Waals surface area (Å²) in [6.45, 7) is 1.24. The van der Waals surface area contributed by atoms with Crippen molar-refractivity contribution in [2.75, 3.05) is 22.7 Å². The highest BCUT2D eigenvalue weighted by Gasteiger charge is 2.27. The van der Waals surface area contributed by atoms with Crippen LogP contribution in [0.2, 0.25) is 0 Å². The molecule has 11 nitrogen and oxygen atoms in total. The van der Waals surface area contributed by atoms with Gasteiger partial charge in [-0.2, -0.15) is 5.26 Å². The molecule has 1 aromatic heterocycles. The number of unbranched alkanes of at least 4 members (excludes halogenated alkanes) is 2. The smallest absolute Gasteiger partial charge is 0.444 e. The molecule has 1 aromatic carbocycles. The second-order valence-electron chi connectivity index (χ2n) is 7.33. The lowest BCUT2D eigenvalue weighted by atomic mass is 10.2. The van der Waals surface area contributed by atoms with Gasteiger partial charge in [-0.25, -0.2) is 23.2 Å². The molecule has 0 unspecified atom stereocenters. The Morgan fingerprint density at radius 3 is 2.63 bits per heavy atom. The summed E-state index contributed by atoms with van der Waals surface area (Å²) in [6.07, 6.45) is 1.52. The minimum atomic E-state index is -4.58. The second kappa shape index (κ2) is 13.2. The Labute approximate surface area is 213 Å². The molecular weight excluding hydrogens is 604 g/mol. The monoisotopic (exact) mass is 628 g/mol. The Hall–Kier alpha value is -2.18. The lowest BCUT2D eigenvalue weighted by molar-refractivity contribution is -0.144. The van der Waals surface area contributed by atoms with E-state index in [2.05, 4.69) is 9.51 Å². The highest BCUT2D eigenvalue weighted by Crippen LogP contribution is 2.35. The molecule has 0 saturated carbocycles. The van der Waals surface area contributed by atoms with Crippen LogP contribution in [0.4, 0.5) is 14.7 Å². The van der Waals surface area contributed by atoms with Crippen molar-refractivity contribution in [3.05, 3.63) is 23.3 Å². The van der Waals surface area contributed by atoms with Gasteiger partial charge < -0.3 is 19.1 Å². The van der Waals surface area contributed by atoms with Gasteiger partial charge in [0, 0.05) is 13.0 Å². The number of fused-ring (bicyclic) bond motifs is 1. The third-order valence-electron chi connectivity index (χ3n) is 4.79. The summed E-state index contributed by atoms with van der Waals surface area (Å²) in [4.78, 5) is 47.2. The maximum absolute atomic E-state index is 15.0. The van der Waals surface area contributed by atoms with Gasteiger partial charge in [0.05, 0.1) is 16.6 Å². The number of rotatable bonds is 13. The first-order valence-corrected chi connectivity index (χ1v) is 13.6. The number of phosphoric ester groups is 1.